The summed E-state index contributed by atoms with van der Waals surface area (Å²) in [6.45, 7) is 3.44. The van der Waals surface area contributed by atoms with Gasteiger partial charge in [0.05, 0.1) is 0 Å². The van der Waals surface area contributed by atoms with Gasteiger partial charge in [0.1, 0.15) is 16.8 Å². The highest BCUT2D eigenvalue weighted by Gasteiger charge is 2.30. The second-order valence-electron chi connectivity index (χ2n) is 6.30. The number of hydrogen-bond donors (Lipinski definition) is 0. The highest BCUT2D eigenvalue weighted by molar-refractivity contribution is 6.29. The zero-order chi connectivity index (χ0) is 14.3. The topological polar surface area (TPSA) is 32.3 Å². The van der Waals surface area contributed by atoms with Crippen molar-refractivity contribution in [2.24, 2.45) is 0 Å². The van der Waals surface area contributed by atoms with E-state index in [0.717, 1.165) is 18.2 Å². The summed E-state index contributed by atoms with van der Waals surface area (Å²) in [4.78, 5) is 13.8. The number of aromatic nitrogens is 2. The van der Waals surface area contributed by atoms with Crippen LogP contribution in [-0.4, -0.2) is 47.6 Å². The smallest absolute Gasteiger partial charge is 0.135 e. The van der Waals surface area contributed by atoms with E-state index in [0.29, 0.717) is 23.2 Å². The van der Waals surface area contributed by atoms with Crippen molar-refractivity contribution < 1.29 is 0 Å². The first kappa shape index (κ1) is 14.1. The van der Waals surface area contributed by atoms with E-state index in [2.05, 4.69) is 35.8 Å². The predicted octanol–water partition coefficient (Wildman–Crippen LogP) is 2.93. The Kier molecular flexibility index (Phi) is 3.87. The van der Waals surface area contributed by atoms with Crippen LogP contribution in [0, 0.1) is 0 Å². The van der Waals surface area contributed by atoms with E-state index in [4.69, 9.17) is 16.6 Å². The summed E-state index contributed by atoms with van der Waals surface area (Å²) >= 11 is 6.17. The Labute approximate surface area is 126 Å². The van der Waals surface area contributed by atoms with Gasteiger partial charge in [-0.05, 0) is 39.7 Å². The molecule has 2 unspecified atom stereocenters. The first-order chi connectivity index (χ1) is 9.54. The minimum atomic E-state index is 0.539. The number of halogens is 1. The third-order valence-electron chi connectivity index (χ3n) is 4.73. The molecule has 1 aliphatic heterocycles. The Morgan fingerprint density at radius 3 is 2.70 bits per heavy atom. The maximum Gasteiger partial charge on any atom is 0.135 e. The van der Waals surface area contributed by atoms with Crippen LogP contribution in [0.25, 0.3) is 0 Å². The van der Waals surface area contributed by atoms with Crippen LogP contribution in [0.3, 0.4) is 0 Å². The molecule has 1 saturated heterocycles. The minimum Gasteiger partial charge on any atom is -0.356 e. The summed E-state index contributed by atoms with van der Waals surface area (Å²) in [7, 11) is 4.34. The van der Waals surface area contributed by atoms with Crippen molar-refractivity contribution in [1.29, 1.82) is 0 Å². The van der Waals surface area contributed by atoms with Crippen LogP contribution in [-0.2, 0) is 0 Å². The first-order valence-corrected chi connectivity index (χ1v) is 7.90. The molecule has 0 N–H and O–H groups in total. The van der Waals surface area contributed by atoms with E-state index in [1.54, 1.807) is 0 Å². The lowest BCUT2D eigenvalue weighted by atomic mass is 9.98. The van der Waals surface area contributed by atoms with E-state index in [1.165, 1.54) is 25.7 Å². The fraction of sp³-hybridized carbons (Fsp3) is 0.733. The first-order valence-electron chi connectivity index (χ1n) is 7.52. The van der Waals surface area contributed by atoms with Gasteiger partial charge < -0.3 is 9.80 Å². The molecule has 0 spiro atoms. The van der Waals surface area contributed by atoms with Gasteiger partial charge in [-0.3, -0.25) is 0 Å². The Morgan fingerprint density at radius 1 is 1.30 bits per heavy atom. The van der Waals surface area contributed by atoms with Crippen LogP contribution in [0.5, 0.6) is 0 Å². The Bertz CT molecular complexity index is 489. The molecule has 2 atom stereocenters. The fourth-order valence-corrected chi connectivity index (χ4v) is 3.12. The fourth-order valence-electron chi connectivity index (χ4n) is 2.93. The van der Waals surface area contributed by atoms with Crippen LogP contribution >= 0.6 is 11.6 Å². The van der Waals surface area contributed by atoms with Crippen molar-refractivity contribution >= 4 is 17.4 Å². The van der Waals surface area contributed by atoms with Crippen molar-refractivity contribution in [1.82, 2.24) is 14.9 Å². The summed E-state index contributed by atoms with van der Waals surface area (Å²) in [6.07, 6.45) is 4.76. The molecular weight excluding hydrogens is 272 g/mol. The largest absolute Gasteiger partial charge is 0.356 e. The molecule has 5 heteroatoms. The second-order valence-corrected chi connectivity index (χ2v) is 6.69. The van der Waals surface area contributed by atoms with Gasteiger partial charge in [-0.2, -0.15) is 0 Å². The molecular formula is C15H23ClN4. The lowest BCUT2D eigenvalue weighted by Gasteiger charge is -2.39. The number of anilines is 1. The van der Waals surface area contributed by atoms with E-state index in [1.807, 2.05) is 6.07 Å². The summed E-state index contributed by atoms with van der Waals surface area (Å²) < 4.78 is 0. The van der Waals surface area contributed by atoms with Gasteiger partial charge in [0.15, 0.2) is 0 Å². The lowest BCUT2D eigenvalue weighted by molar-refractivity contribution is 0.181. The summed E-state index contributed by atoms with van der Waals surface area (Å²) in [5.41, 5.74) is 0. The monoisotopic (exact) mass is 294 g/mol. The zero-order valence-electron chi connectivity index (χ0n) is 12.5. The summed E-state index contributed by atoms with van der Waals surface area (Å²) in [5, 5.41) is 0.574. The molecule has 2 fully saturated rings. The molecule has 3 rings (SSSR count). The standard InChI is InChI=1S/C15H23ClN4/c1-10-8-12(6-7-19(10)2)20(3)14-9-13(16)17-15(18-14)11-4-5-11/h9-12H,4-8H2,1-3H3. The molecule has 0 bridgehead atoms. The van der Waals surface area contributed by atoms with Gasteiger partial charge in [0, 0.05) is 37.7 Å². The third-order valence-corrected chi connectivity index (χ3v) is 4.92. The molecule has 1 saturated carbocycles. The van der Waals surface area contributed by atoms with Crippen LogP contribution in [0.15, 0.2) is 6.07 Å². The molecule has 0 radical (unpaired) electrons. The summed E-state index contributed by atoms with van der Waals surface area (Å²) in [5.74, 6) is 2.45. The Balaban J connectivity index is 1.77. The normalized spacial score (nSPS) is 27.6. The lowest BCUT2D eigenvalue weighted by Crippen LogP contribution is -2.46. The predicted molar refractivity (Wildman–Crippen MR) is 82.5 cm³/mol. The van der Waals surface area contributed by atoms with Crippen molar-refractivity contribution in [3.05, 3.63) is 17.0 Å². The zero-order valence-corrected chi connectivity index (χ0v) is 13.3. The molecule has 1 aromatic rings. The third kappa shape index (κ3) is 2.91. The highest BCUT2D eigenvalue weighted by atomic mass is 35.5. The van der Waals surface area contributed by atoms with Gasteiger partial charge in [0.25, 0.3) is 0 Å². The van der Waals surface area contributed by atoms with Gasteiger partial charge in [0.2, 0.25) is 0 Å². The molecule has 110 valence electrons. The molecule has 0 amide bonds. The van der Waals surface area contributed by atoms with Crippen molar-refractivity contribution in [2.75, 3.05) is 25.5 Å². The average molecular weight is 295 g/mol. The molecule has 20 heavy (non-hydrogen) atoms. The Hall–Kier alpha value is -0.870. The van der Waals surface area contributed by atoms with Gasteiger partial charge in [-0.25, -0.2) is 9.97 Å². The van der Waals surface area contributed by atoms with Crippen molar-refractivity contribution in [2.45, 2.75) is 50.6 Å². The molecule has 2 aliphatic rings. The van der Waals surface area contributed by atoms with E-state index in [9.17, 15) is 0 Å². The quantitative estimate of drug-likeness (QED) is 0.803. The van der Waals surface area contributed by atoms with Gasteiger partial charge >= 0.3 is 0 Å². The molecule has 2 heterocycles. The van der Waals surface area contributed by atoms with E-state index < -0.39 is 0 Å². The number of rotatable bonds is 3. The van der Waals surface area contributed by atoms with E-state index >= 15 is 0 Å². The van der Waals surface area contributed by atoms with Gasteiger partial charge in [-0.15, -0.1) is 0 Å². The molecule has 0 aromatic carbocycles. The van der Waals surface area contributed by atoms with Crippen LogP contribution in [0.1, 0.15) is 44.3 Å². The van der Waals surface area contributed by atoms with E-state index in [-0.39, 0.29) is 0 Å². The Morgan fingerprint density at radius 2 is 2.05 bits per heavy atom. The number of piperidine rings is 1. The molecule has 1 aromatic heterocycles. The number of likely N-dealkylation sites (tertiary alicyclic amines) is 1. The van der Waals surface area contributed by atoms with Crippen LogP contribution < -0.4 is 4.90 Å². The van der Waals surface area contributed by atoms with Gasteiger partial charge in [-0.1, -0.05) is 11.6 Å². The number of nitrogens with zero attached hydrogens (tertiary/aromatic N) is 4. The maximum absolute atomic E-state index is 6.17. The van der Waals surface area contributed by atoms with Crippen molar-refractivity contribution in [3.8, 4) is 0 Å². The summed E-state index contributed by atoms with van der Waals surface area (Å²) in [6, 6.07) is 3.06. The van der Waals surface area contributed by atoms with Crippen molar-refractivity contribution in [3.63, 3.8) is 0 Å². The highest BCUT2D eigenvalue weighted by Crippen LogP contribution is 2.39. The molecule has 4 nitrogen and oxygen atoms in total. The van der Waals surface area contributed by atoms with Crippen LogP contribution in [0.4, 0.5) is 5.82 Å². The average Bonchev–Trinajstić information content (AvgIpc) is 3.25. The minimum absolute atomic E-state index is 0.539. The molecule has 1 aliphatic carbocycles. The second kappa shape index (κ2) is 5.49. The maximum atomic E-state index is 6.17. The van der Waals surface area contributed by atoms with Crippen LogP contribution in [0.2, 0.25) is 5.15 Å². The number of hydrogen-bond acceptors (Lipinski definition) is 4. The SMILES string of the molecule is CC1CC(N(C)c2cc(Cl)nc(C3CC3)n2)CCN1C.